The Hall–Kier alpha value is -3.44. The average molecular weight is 527 g/mol. The molecule has 0 saturated heterocycles. The summed E-state index contributed by atoms with van der Waals surface area (Å²) in [5, 5.41) is 3.63. The number of nitrogens with zero attached hydrogens (tertiary/aromatic N) is 3. The van der Waals surface area contributed by atoms with Crippen molar-refractivity contribution in [3.05, 3.63) is 74.5 Å². The molecule has 0 bridgehead atoms. The van der Waals surface area contributed by atoms with Gasteiger partial charge in [-0.3, -0.25) is 19.0 Å². The number of carbonyl (C=O) groups excluding carboxylic acids is 2. The van der Waals surface area contributed by atoms with E-state index in [-0.39, 0.29) is 29.7 Å². The highest BCUT2D eigenvalue weighted by atomic mass is 32.2. The first-order valence-electron chi connectivity index (χ1n) is 11.3. The predicted octanol–water partition coefficient (Wildman–Crippen LogP) is 4.18. The fraction of sp³-hybridized carbons (Fsp3) is 0.280. The number of aromatic nitrogens is 2. The summed E-state index contributed by atoms with van der Waals surface area (Å²) >= 11 is 2.54. The first-order valence-corrected chi connectivity index (χ1v) is 13.1. The van der Waals surface area contributed by atoms with Crippen molar-refractivity contribution < 1.29 is 18.4 Å². The second-order valence-electron chi connectivity index (χ2n) is 8.54. The fourth-order valence-electron chi connectivity index (χ4n) is 4.13. The van der Waals surface area contributed by atoms with Gasteiger partial charge in [0.2, 0.25) is 11.8 Å². The van der Waals surface area contributed by atoms with E-state index in [9.17, 15) is 18.8 Å². The molecule has 1 aliphatic heterocycles. The van der Waals surface area contributed by atoms with Crippen LogP contribution in [-0.4, -0.2) is 38.6 Å². The maximum absolute atomic E-state index is 13.8. The molecule has 3 aromatic heterocycles. The van der Waals surface area contributed by atoms with Crippen molar-refractivity contribution in [2.45, 2.75) is 38.5 Å². The highest BCUT2D eigenvalue weighted by Crippen LogP contribution is 2.34. The predicted molar refractivity (Wildman–Crippen MR) is 137 cm³/mol. The molecule has 4 heterocycles. The molecule has 0 aliphatic carbocycles. The number of carbonyl (C=O) groups is 2. The van der Waals surface area contributed by atoms with Crippen LogP contribution in [0.1, 0.15) is 28.7 Å². The van der Waals surface area contributed by atoms with Crippen LogP contribution in [0.5, 0.6) is 0 Å². The zero-order chi connectivity index (χ0) is 25.4. The number of amides is 2. The van der Waals surface area contributed by atoms with Crippen LogP contribution in [0.4, 0.5) is 10.1 Å². The number of anilines is 1. The maximum Gasteiger partial charge on any atom is 0.263 e. The molecule has 1 N–H and O–H groups in total. The summed E-state index contributed by atoms with van der Waals surface area (Å²) in [6.07, 6.45) is 2.13. The smallest absolute Gasteiger partial charge is 0.263 e. The van der Waals surface area contributed by atoms with Crippen LogP contribution in [0.3, 0.4) is 0 Å². The Morgan fingerprint density at radius 2 is 2.14 bits per heavy atom. The van der Waals surface area contributed by atoms with Crippen molar-refractivity contribution in [1.29, 1.82) is 0 Å². The molecule has 0 fully saturated rings. The second-order valence-corrected chi connectivity index (χ2v) is 10.6. The number of aryl methyl sites for hydroxylation is 1. The van der Waals surface area contributed by atoms with Gasteiger partial charge in [-0.15, -0.1) is 11.3 Å². The van der Waals surface area contributed by atoms with E-state index in [1.165, 1.54) is 35.2 Å². The van der Waals surface area contributed by atoms with Gasteiger partial charge in [0.25, 0.3) is 5.56 Å². The highest BCUT2D eigenvalue weighted by molar-refractivity contribution is 7.99. The molecule has 0 radical (unpaired) electrons. The summed E-state index contributed by atoms with van der Waals surface area (Å²) < 4.78 is 20.8. The van der Waals surface area contributed by atoms with Crippen LogP contribution in [0, 0.1) is 12.7 Å². The van der Waals surface area contributed by atoms with E-state index in [1.807, 2.05) is 0 Å². The molecule has 11 heteroatoms. The van der Waals surface area contributed by atoms with Crippen LogP contribution in [0.15, 0.2) is 51.0 Å². The average Bonchev–Trinajstić information content (AvgIpc) is 3.49. The molecule has 1 aromatic carbocycles. The number of hydrogen-bond donors (Lipinski definition) is 1. The van der Waals surface area contributed by atoms with Crippen molar-refractivity contribution >= 4 is 50.8 Å². The summed E-state index contributed by atoms with van der Waals surface area (Å²) in [7, 11) is 0. The van der Waals surface area contributed by atoms with Gasteiger partial charge in [0, 0.05) is 24.0 Å². The maximum atomic E-state index is 13.8. The van der Waals surface area contributed by atoms with Crippen LogP contribution in [-0.2, 0) is 29.1 Å². The van der Waals surface area contributed by atoms with Crippen LogP contribution >= 0.6 is 23.1 Å². The molecule has 4 aromatic rings. The van der Waals surface area contributed by atoms with Gasteiger partial charge < -0.3 is 14.6 Å². The van der Waals surface area contributed by atoms with Crippen LogP contribution in [0.2, 0.25) is 0 Å². The van der Waals surface area contributed by atoms with Gasteiger partial charge >= 0.3 is 0 Å². The number of rotatable bonds is 6. The Bertz CT molecular complexity index is 1530. The zero-order valence-electron chi connectivity index (χ0n) is 19.7. The van der Waals surface area contributed by atoms with Crippen molar-refractivity contribution in [1.82, 2.24) is 14.5 Å². The molecule has 0 saturated carbocycles. The van der Waals surface area contributed by atoms with Gasteiger partial charge in [0.15, 0.2) is 5.16 Å². The van der Waals surface area contributed by atoms with Gasteiger partial charge in [-0.25, -0.2) is 9.37 Å². The third-order valence-corrected chi connectivity index (χ3v) is 8.14. The van der Waals surface area contributed by atoms with Crippen molar-refractivity contribution in [3.63, 3.8) is 0 Å². The third-order valence-electron chi connectivity index (χ3n) is 6.05. The molecule has 186 valence electrons. The third kappa shape index (κ3) is 4.80. The SMILES string of the molecule is CC(=O)N1CCc2c(sc3nc(SCC(=O)Nc4ccc(C)c(F)c4)n(Cc4ccco4)c(=O)c23)C1. The zero-order valence-corrected chi connectivity index (χ0v) is 21.3. The van der Waals surface area contributed by atoms with Gasteiger partial charge in [-0.05, 0) is 48.7 Å². The molecule has 8 nitrogen and oxygen atoms in total. The highest BCUT2D eigenvalue weighted by Gasteiger charge is 2.26. The summed E-state index contributed by atoms with van der Waals surface area (Å²) in [4.78, 5) is 46.2. The van der Waals surface area contributed by atoms with E-state index >= 15 is 0 Å². The summed E-state index contributed by atoms with van der Waals surface area (Å²) in [5.41, 5.74) is 1.59. The minimum Gasteiger partial charge on any atom is -0.467 e. The van der Waals surface area contributed by atoms with Gasteiger partial charge in [0.05, 0.1) is 30.5 Å². The molecular formula is C25H23FN4O4S2. The minimum absolute atomic E-state index is 0.00277. The van der Waals surface area contributed by atoms with E-state index in [1.54, 1.807) is 36.1 Å². The molecular weight excluding hydrogens is 503 g/mol. The first-order chi connectivity index (χ1) is 17.3. The van der Waals surface area contributed by atoms with E-state index in [0.29, 0.717) is 51.9 Å². The molecule has 0 atom stereocenters. The lowest BCUT2D eigenvalue weighted by atomic mass is 10.1. The Morgan fingerprint density at radius 3 is 2.86 bits per heavy atom. The fourth-order valence-corrected chi connectivity index (χ4v) is 6.21. The number of benzene rings is 1. The van der Waals surface area contributed by atoms with Crippen molar-refractivity contribution in [2.75, 3.05) is 17.6 Å². The summed E-state index contributed by atoms with van der Waals surface area (Å²) in [6, 6.07) is 8.03. The van der Waals surface area contributed by atoms with Gasteiger partial charge in [0.1, 0.15) is 16.4 Å². The normalized spacial score (nSPS) is 13.1. The van der Waals surface area contributed by atoms with Crippen LogP contribution in [0.25, 0.3) is 10.2 Å². The van der Waals surface area contributed by atoms with Crippen molar-refractivity contribution in [2.24, 2.45) is 0 Å². The topological polar surface area (TPSA) is 97.4 Å². The van der Waals surface area contributed by atoms with Gasteiger partial charge in [-0.1, -0.05) is 17.8 Å². The molecule has 0 spiro atoms. The number of nitrogens with one attached hydrogen (secondary N) is 1. The van der Waals surface area contributed by atoms with Gasteiger partial charge in [-0.2, -0.15) is 0 Å². The number of thioether (sulfide) groups is 1. The molecule has 2 amide bonds. The largest absolute Gasteiger partial charge is 0.467 e. The van der Waals surface area contributed by atoms with E-state index in [4.69, 9.17) is 9.40 Å². The molecule has 1 aliphatic rings. The molecule has 36 heavy (non-hydrogen) atoms. The summed E-state index contributed by atoms with van der Waals surface area (Å²) in [6.45, 7) is 4.38. The monoisotopic (exact) mass is 526 g/mol. The summed E-state index contributed by atoms with van der Waals surface area (Å²) in [5.74, 6) is -0.174. The number of fused-ring (bicyclic) bond motifs is 3. The van der Waals surface area contributed by atoms with E-state index < -0.39 is 5.82 Å². The minimum atomic E-state index is -0.398. The number of halogens is 1. The lowest BCUT2D eigenvalue weighted by Gasteiger charge is -2.25. The lowest BCUT2D eigenvalue weighted by molar-refractivity contribution is -0.129. The number of thiophene rings is 1. The Morgan fingerprint density at radius 1 is 1.31 bits per heavy atom. The molecule has 0 unspecified atom stereocenters. The number of hydrogen-bond acceptors (Lipinski definition) is 7. The molecule has 5 rings (SSSR count). The van der Waals surface area contributed by atoms with E-state index in [2.05, 4.69) is 5.32 Å². The Kier molecular flexibility index (Phi) is 6.67. The first kappa shape index (κ1) is 24.3. The standard InChI is InChI=1S/C25H23FN4O4S2/c1-14-5-6-16(10-19(14)26)27-21(32)13-35-25-28-23-22(24(33)30(25)11-17-4-3-9-34-17)18-7-8-29(15(2)31)12-20(18)36-23/h3-6,9-10H,7-8,11-13H2,1-2H3,(H,27,32). The Labute approximate surface area is 214 Å². The lowest BCUT2D eigenvalue weighted by Crippen LogP contribution is -2.34. The Balaban J connectivity index is 1.46. The number of furan rings is 1. The van der Waals surface area contributed by atoms with Crippen LogP contribution < -0.4 is 10.9 Å². The van der Waals surface area contributed by atoms with E-state index in [0.717, 1.165) is 22.2 Å². The van der Waals surface area contributed by atoms with Crippen molar-refractivity contribution in [3.8, 4) is 0 Å². The quantitative estimate of drug-likeness (QED) is 0.299. The second kappa shape index (κ2) is 9.90.